The van der Waals surface area contributed by atoms with Gasteiger partial charge in [0.15, 0.2) is 17.3 Å². The molecule has 1 amide bonds. The van der Waals surface area contributed by atoms with E-state index in [1.165, 1.54) is 11.0 Å². The van der Waals surface area contributed by atoms with Crippen molar-refractivity contribution in [1.82, 2.24) is 9.13 Å². The number of anilines is 1. The van der Waals surface area contributed by atoms with Crippen molar-refractivity contribution in [2.75, 3.05) is 12.1 Å². The van der Waals surface area contributed by atoms with Crippen LogP contribution in [-0.4, -0.2) is 27.6 Å². The molecular weight excluding hydrogens is 534 g/mol. The Balaban J connectivity index is 1.39. The number of Topliss-reactive ketones (excluding diaryl/α,β-unsaturated/α-hetero) is 1. The van der Waals surface area contributed by atoms with E-state index < -0.39 is 17.2 Å². The summed E-state index contributed by atoms with van der Waals surface area (Å²) >= 11 is 0. The third kappa shape index (κ3) is 5.59. The maximum absolute atomic E-state index is 13.9. The molecule has 9 heteroatoms. The maximum atomic E-state index is 13.9. The van der Waals surface area contributed by atoms with Crippen molar-refractivity contribution < 1.29 is 19.1 Å². The molecule has 4 aromatic rings. The van der Waals surface area contributed by atoms with Crippen LogP contribution in [0, 0.1) is 12.8 Å². The van der Waals surface area contributed by atoms with Crippen molar-refractivity contribution in [1.29, 1.82) is 0 Å². The van der Waals surface area contributed by atoms with Gasteiger partial charge in [-0.15, -0.1) is 0 Å². The molecule has 3 aromatic carbocycles. The predicted molar refractivity (Wildman–Crippen MR) is 159 cm³/mol. The summed E-state index contributed by atoms with van der Waals surface area (Å²) in [5.74, 6) is 1.05. The lowest BCUT2D eigenvalue weighted by Crippen LogP contribution is -2.42. The number of benzene rings is 3. The van der Waals surface area contributed by atoms with Crippen LogP contribution in [0.1, 0.15) is 60.0 Å². The first-order chi connectivity index (χ1) is 20.4. The number of para-hydroxylation sites is 1. The van der Waals surface area contributed by atoms with Gasteiger partial charge in [0.25, 0.3) is 5.56 Å². The van der Waals surface area contributed by atoms with Crippen molar-refractivity contribution in [3.8, 4) is 11.5 Å². The molecule has 2 heterocycles. The van der Waals surface area contributed by atoms with Gasteiger partial charge >= 0.3 is 5.69 Å². The summed E-state index contributed by atoms with van der Waals surface area (Å²) in [6.07, 6.45) is 5.98. The lowest BCUT2D eigenvalue weighted by molar-refractivity contribution is -0.116. The molecule has 1 fully saturated rings. The highest BCUT2D eigenvalue weighted by atomic mass is 16.7. The third-order valence-electron chi connectivity index (χ3n) is 8.25. The van der Waals surface area contributed by atoms with Crippen molar-refractivity contribution in [3.05, 3.63) is 98.2 Å². The number of fused-ring (bicyclic) bond motifs is 2. The highest BCUT2D eigenvalue weighted by molar-refractivity contribution is 5.99. The minimum atomic E-state index is -0.637. The lowest BCUT2D eigenvalue weighted by atomic mass is 9.85. The Labute approximate surface area is 242 Å². The summed E-state index contributed by atoms with van der Waals surface area (Å²) in [6.45, 7) is 1.64. The van der Waals surface area contributed by atoms with E-state index in [0.717, 1.165) is 35.8 Å². The normalized spacial score (nSPS) is 14.7. The predicted octanol–water partition coefficient (Wildman–Crippen LogP) is 5.04. The van der Waals surface area contributed by atoms with Gasteiger partial charge in [0.1, 0.15) is 6.54 Å². The Hall–Kier alpha value is -4.66. The molecule has 0 saturated heterocycles. The number of nitrogens with one attached hydrogen (secondary N) is 1. The second-order valence-electron chi connectivity index (χ2n) is 11.2. The molecule has 1 saturated carbocycles. The smallest absolute Gasteiger partial charge is 0.332 e. The van der Waals surface area contributed by atoms with E-state index >= 15 is 0 Å². The summed E-state index contributed by atoms with van der Waals surface area (Å²) in [6, 6.07) is 17.5. The van der Waals surface area contributed by atoms with Gasteiger partial charge in [-0.25, -0.2) is 4.79 Å². The quantitative estimate of drug-likeness (QED) is 0.299. The zero-order valence-electron chi connectivity index (χ0n) is 23.6. The van der Waals surface area contributed by atoms with E-state index in [1.54, 1.807) is 42.5 Å². The largest absolute Gasteiger partial charge is 0.454 e. The first kappa shape index (κ1) is 27.5. The van der Waals surface area contributed by atoms with Crippen molar-refractivity contribution in [3.63, 3.8) is 0 Å². The zero-order valence-corrected chi connectivity index (χ0v) is 23.6. The number of amides is 1. The van der Waals surface area contributed by atoms with Gasteiger partial charge in [-0.3, -0.25) is 23.5 Å². The number of ether oxygens (including phenoxy) is 2. The number of carbonyl (C=O) groups excluding carboxylic acids is 2. The molecule has 6 rings (SSSR count). The van der Waals surface area contributed by atoms with Gasteiger partial charge in [0.05, 0.1) is 17.4 Å². The van der Waals surface area contributed by atoms with Crippen LogP contribution in [0.2, 0.25) is 0 Å². The number of hydrogen-bond acceptors (Lipinski definition) is 6. The molecule has 1 aliphatic carbocycles. The highest BCUT2D eigenvalue weighted by Crippen LogP contribution is 2.32. The SMILES string of the molecule is Cc1ccccc1NC(=O)Cn1c(=O)n(Cc2ccc3c(c2)OCO3)c(=O)c2ccc(C(=O)CC3CCCCC3)cc21. The van der Waals surface area contributed by atoms with Crippen molar-refractivity contribution in [2.45, 2.75) is 58.5 Å². The molecule has 1 aliphatic heterocycles. The zero-order chi connectivity index (χ0) is 29.2. The van der Waals surface area contributed by atoms with Gasteiger partial charge in [0, 0.05) is 17.7 Å². The van der Waals surface area contributed by atoms with E-state index in [-0.39, 0.29) is 36.6 Å². The van der Waals surface area contributed by atoms with Gasteiger partial charge in [-0.05, 0) is 54.3 Å². The molecule has 0 bridgehead atoms. The molecule has 0 radical (unpaired) electrons. The van der Waals surface area contributed by atoms with Gasteiger partial charge in [-0.2, -0.15) is 0 Å². The Morgan fingerprint density at radius 2 is 1.69 bits per heavy atom. The Kier molecular flexibility index (Phi) is 7.65. The number of aryl methyl sites for hydroxylation is 1. The molecule has 216 valence electrons. The fourth-order valence-corrected chi connectivity index (χ4v) is 5.92. The Bertz CT molecular complexity index is 1800. The molecular formula is C33H33N3O6. The number of hydrogen-bond donors (Lipinski definition) is 1. The van der Waals surface area contributed by atoms with E-state index in [0.29, 0.717) is 40.7 Å². The van der Waals surface area contributed by atoms with E-state index in [9.17, 15) is 19.2 Å². The van der Waals surface area contributed by atoms with Crippen molar-refractivity contribution in [2.24, 2.45) is 5.92 Å². The van der Waals surface area contributed by atoms with Crippen molar-refractivity contribution >= 4 is 28.3 Å². The van der Waals surface area contributed by atoms with Crippen LogP contribution in [-0.2, 0) is 17.9 Å². The summed E-state index contributed by atoms with van der Waals surface area (Å²) in [5, 5.41) is 3.13. The van der Waals surface area contributed by atoms with Crippen LogP contribution in [0.4, 0.5) is 5.69 Å². The fourth-order valence-electron chi connectivity index (χ4n) is 5.92. The fraction of sp³-hybridized carbons (Fsp3) is 0.333. The average molecular weight is 568 g/mol. The first-order valence-electron chi connectivity index (χ1n) is 14.4. The third-order valence-corrected chi connectivity index (χ3v) is 8.25. The lowest BCUT2D eigenvalue weighted by Gasteiger charge is -2.21. The number of rotatable bonds is 8. The summed E-state index contributed by atoms with van der Waals surface area (Å²) < 4.78 is 13.2. The molecule has 0 atom stereocenters. The Morgan fingerprint density at radius 1 is 0.905 bits per heavy atom. The van der Waals surface area contributed by atoms with Crippen LogP contribution in [0.5, 0.6) is 11.5 Å². The topological polar surface area (TPSA) is 109 Å². The molecule has 0 unspecified atom stereocenters. The van der Waals surface area contributed by atoms with Gasteiger partial charge in [0.2, 0.25) is 12.7 Å². The summed E-state index contributed by atoms with van der Waals surface area (Å²) in [5.41, 5.74) is 1.77. The minimum Gasteiger partial charge on any atom is -0.454 e. The average Bonchev–Trinajstić information content (AvgIpc) is 3.47. The van der Waals surface area contributed by atoms with E-state index in [4.69, 9.17) is 9.47 Å². The first-order valence-corrected chi connectivity index (χ1v) is 14.4. The van der Waals surface area contributed by atoms with Crippen LogP contribution < -0.4 is 26.0 Å². The van der Waals surface area contributed by atoms with Gasteiger partial charge in [-0.1, -0.05) is 62.4 Å². The van der Waals surface area contributed by atoms with E-state index in [1.807, 2.05) is 25.1 Å². The standard InChI is InChI=1S/C33H33N3O6/c1-21-7-5-6-10-26(21)34-31(38)19-35-27-17-24(28(37)15-22-8-3-2-4-9-22)12-13-25(27)32(39)36(33(35)40)18-23-11-14-29-30(16-23)42-20-41-29/h5-7,10-14,16-17,22H,2-4,8-9,15,18-20H2,1H3,(H,34,38). The highest BCUT2D eigenvalue weighted by Gasteiger charge is 2.22. The minimum absolute atomic E-state index is 0.0169. The number of aromatic nitrogens is 2. The molecule has 42 heavy (non-hydrogen) atoms. The second-order valence-corrected chi connectivity index (χ2v) is 11.2. The number of carbonyl (C=O) groups is 2. The maximum Gasteiger partial charge on any atom is 0.332 e. The Morgan fingerprint density at radius 3 is 2.50 bits per heavy atom. The van der Waals surface area contributed by atoms with Crippen LogP contribution in [0.15, 0.2) is 70.3 Å². The number of ketones is 1. The molecule has 0 spiro atoms. The molecule has 9 nitrogen and oxygen atoms in total. The molecule has 2 aliphatic rings. The molecule has 1 N–H and O–H groups in total. The monoisotopic (exact) mass is 567 g/mol. The van der Waals surface area contributed by atoms with Crippen LogP contribution in [0.25, 0.3) is 10.9 Å². The van der Waals surface area contributed by atoms with Crippen LogP contribution in [0.3, 0.4) is 0 Å². The summed E-state index contributed by atoms with van der Waals surface area (Å²) in [7, 11) is 0. The molecule has 1 aromatic heterocycles. The number of nitrogens with zero attached hydrogens (tertiary/aromatic N) is 2. The second kappa shape index (κ2) is 11.7. The van der Waals surface area contributed by atoms with Gasteiger partial charge < -0.3 is 14.8 Å². The summed E-state index contributed by atoms with van der Waals surface area (Å²) in [4.78, 5) is 54.1. The van der Waals surface area contributed by atoms with E-state index in [2.05, 4.69) is 5.32 Å². The van der Waals surface area contributed by atoms with Crippen LogP contribution >= 0.6 is 0 Å².